The number of rotatable bonds is 3. The molecule has 0 radical (unpaired) electrons. The van der Waals surface area contributed by atoms with Crippen LogP contribution >= 0.6 is 11.6 Å². The molecule has 118 valence electrons. The number of aryl methyl sites for hydroxylation is 1. The number of benzene rings is 1. The van der Waals surface area contributed by atoms with Crippen LogP contribution in [0.3, 0.4) is 0 Å². The van der Waals surface area contributed by atoms with Crippen molar-refractivity contribution in [1.29, 1.82) is 0 Å². The van der Waals surface area contributed by atoms with Crippen LogP contribution in [0.4, 0.5) is 4.39 Å². The molecule has 6 heteroatoms. The first-order chi connectivity index (χ1) is 11.0. The first-order valence-corrected chi connectivity index (χ1v) is 7.48. The number of nitrogens with zero attached hydrogens (tertiary/aromatic N) is 3. The van der Waals surface area contributed by atoms with Crippen LogP contribution in [-0.2, 0) is 6.54 Å². The lowest BCUT2D eigenvalue weighted by Gasteiger charge is -2.17. The number of hydrogen-bond acceptors (Lipinski definition) is 2. The molecular weight excluding hydrogens is 317 g/mol. The summed E-state index contributed by atoms with van der Waals surface area (Å²) in [6, 6.07) is 10.1. The van der Waals surface area contributed by atoms with Crippen LogP contribution in [0.1, 0.15) is 21.7 Å². The summed E-state index contributed by atoms with van der Waals surface area (Å²) in [7, 11) is 1.60. The molecule has 23 heavy (non-hydrogen) atoms. The summed E-state index contributed by atoms with van der Waals surface area (Å²) < 4.78 is 15.7. The predicted octanol–water partition coefficient (Wildman–Crippen LogP) is 3.71. The molecule has 3 rings (SSSR count). The van der Waals surface area contributed by atoms with E-state index in [2.05, 4.69) is 4.98 Å². The van der Waals surface area contributed by atoms with Crippen molar-refractivity contribution in [3.63, 3.8) is 0 Å². The second-order valence-electron chi connectivity index (χ2n) is 5.38. The van der Waals surface area contributed by atoms with Gasteiger partial charge in [-0.05, 0) is 31.2 Å². The van der Waals surface area contributed by atoms with E-state index in [-0.39, 0.29) is 12.5 Å². The number of carbonyl (C=O) groups excluding carboxylic acids is 1. The van der Waals surface area contributed by atoms with Crippen LogP contribution in [0.15, 0.2) is 42.6 Å². The van der Waals surface area contributed by atoms with E-state index in [0.717, 1.165) is 5.69 Å². The van der Waals surface area contributed by atoms with Gasteiger partial charge >= 0.3 is 0 Å². The van der Waals surface area contributed by atoms with Crippen LogP contribution in [-0.4, -0.2) is 27.2 Å². The van der Waals surface area contributed by atoms with Gasteiger partial charge in [0.2, 0.25) is 0 Å². The molecule has 0 spiro atoms. The molecule has 2 aromatic heterocycles. The van der Waals surface area contributed by atoms with Gasteiger partial charge in [0.1, 0.15) is 17.2 Å². The number of aromatic nitrogens is 2. The summed E-state index contributed by atoms with van der Waals surface area (Å²) in [4.78, 5) is 18.3. The average molecular weight is 332 g/mol. The number of amides is 1. The Morgan fingerprint density at radius 3 is 2.74 bits per heavy atom. The van der Waals surface area contributed by atoms with Gasteiger partial charge in [0, 0.05) is 29.5 Å². The van der Waals surface area contributed by atoms with Gasteiger partial charge in [0.05, 0.1) is 6.54 Å². The highest BCUT2D eigenvalue weighted by molar-refractivity contribution is 6.31. The molecule has 0 aliphatic rings. The molecule has 2 heterocycles. The smallest absolute Gasteiger partial charge is 0.274 e. The van der Waals surface area contributed by atoms with Crippen molar-refractivity contribution in [2.24, 2.45) is 0 Å². The Hall–Kier alpha value is -2.40. The highest BCUT2D eigenvalue weighted by atomic mass is 35.5. The van der Waals surface area contributed by atoms with Crippen LogP contribution in [0.5, 0.6) is 0 Å². The van der Waals surface area contributed by atoms with Gasteiger partial charge in [-0.3, -0.25) is 4.79 Å². The number of fused-ring (bicyclic) bond motifs is 1. The van der Waals surface area contributed by atoms with Crippen molar-refractivity contribution >= 4 is 23.2 Å². The zero-order chi connectivity index (χ0) is 16.6. The molecule has 0 saturated heterocycles. The Labute approximate surface area is 138 Å². The second-order valence-corrected chi connectivity index (χ2v) is 5.79. The van der Waals surface area contributed by atoms with E-state index in [1.807, 2.05) is 29.5 Å². The lowest BCUT2D eigenvalue weighted by molar-refractivity contribution is 0.0779. The van der Waals surface area contributed by atoms with Gasteiger partial charge in [-0.15, -0.1) is 0 Å². The minimum atomic E-state index is -0.428. The van der Waals surface area contributed by atoms with Crippen LogP contribution in [0.25, 0.3) is 5.65 Å². The Kier molecular flexibility index (Phi) is 4.05. The van der Waals surface area contributed by atoms with Crippen molar-refractivity contribution in [1.82, 2.24) is 14.3 Å². The van der Waals surface area contributed by atoms with Gasteiger partial charge in [-0.2, -0.15) is 0 Å². The molecule has 0 bridgehead atoms. The number of pyridine rings is 1. The van der Waals surface area contributed by atoms with E-state index < -0.39 is 5.82 Å². The van der Waals surface area contributed by atoms with Crippen molar-refractivity contribution < 1.29 is 9.18 Å². The summed E-state index contributed by atoms with van der Waals surface area (Å²) >= 11 is 6.01. The SMILES string of the molecule is Cc1cccc2nc(C(=O)N(C)Cc3c(F)cccc3Cl)cn12. The highest BCUT2D eigenvalue weighted by Crippen LogP contribution is 2.21. The summed E-state index contributed by atoms with van der Waals surface area (Å²) in [6.07, 6.45) is 1.69. The van der Waals surface area contributed by atoms with E-state index in [1.165, 1.54) is 17.0 Å². The van der Waals surface area contributed by atoms with E-state index in [4.69, 9.17) is 11.6 Å². The number of hydrogen-bond donors (Lipinski definition) is 0. The minimum absolute atomic E-state index is 0.0805. The average Bonchev–Trinajstić information content (AvgIpc) is 2.95. The topological polar surface area (TPSA) is 37.6 Å². The molecule has 1 amide bonds. The Morgan fingerprint density at radius 1 is 1.30 bits per heavy atom. The number of halogens is 2. The van der Waals surface area contributed by atoms with Crippen LogP contribution in [0, 0.1) is 12.7 Å². The molecule has 0 fully saturated rings. The summed E-state index contributed by atoms with van der Waals surface area (Å²) in [6.45, 7) is 2.02. The third-order valence-electron chi connectivity index (χ3n) is 3.72. The molecule has 1 aromatic carbocycles. The van der Waals surface area contributed by atoms with Gasteiger partial charge in [-0.25, -0.2) is 9.37 Å². The van der Waals surface area contributed by atoms with Gasteiger partial charge in [0.25, 0.3) is 5.91 Å². The monoisotopic (exact) mass is 331 g/mol. The fourth-order valence-electron chi connectivity index (χ4n) is 2.44. The van der Waals surface area contributed by atoms with E-state index in [1.54, 1.807) is 19.3 Å². The third kappa shape index (κ3) is 2.92. The van der Waals surface area contributed by atoms with Crippen molar-refractivity contribution in [3.8, 4) is 0 Å². The van der Waals surface area contributed by atoms with E-state index in [9.17, 15) is 9.18 Å². The predicted molar refractivity (Wildman–Crippen MR) is 87.1 cm³/mol. The molecule has 0 saturated carbocycles. The number of imidazole rings is 1. The second kappa shape index (κ2) is 6.01. The maximum absolute atomic E-state index is 13.9. The minimum Gasteiger partial charge on any atom is -0.336 e. The normalized spacial score (nSPS) is 11.0. The first kappa shape index (κ1) is 15.5. The number of carbonyl (C=O) groups is 1. The molecule has 4 nitrogen and oxygen atoms in total. The van der Waals surface area contributed by atoms with Crippen LogP contribution in [0.2, 0.25) is 5.02 Å². The first-order valence-electron chi connectivity index (χ1n) is 7.10. The fraction of sp³-hybridized carbons (Fsp3) is 0.176. The van der Waals surface area contributed by atoms with Gasteiger partial charge in [-0.1, -0.05) is 23.7 Å². The Balaban J connectivity index is 1.88. The maximum Gasteiger partial charge on any atom is 0.274 e. The summed E-state index contributed by atoms with van der Waals surface area (Å²) in [5.74, 6) is -0.713. The highest BCUT2D eigenvalue weighted by Gasteiger charge is 2.18. The molecular formula is C17H15ClFN3O. The molecule has 3 aromatic rings. The lowest BCUT2D eigenvalue weighted by Crippen LogP contribution is -2.27. The van der Waals surface area contributed by atoms with Gasteiger partial charge in [0.15, 0.2) is 0 Å². The zero-order valence-electron chi connectivity index (χ0n) is 12.8. The Morgan fingerprint density at radius 2 is 2.04 bits per heavy atom. The van der Waals surface area contributed by atoms with Crippen molar-refractivity contribution in [2.45, 2.75) is 13.5 Å². The molecule has 0 atom stereocenters. The van der Waals surface area contributed by atoms with Crippen molar-refractivity contribution in [2.75, 3.05) is 7.05 Å². The molecule has 0 unspecified atom stereocenters. The molecule has 0 N–H and O–H groups in total. The van der Waals surface area contributed by atoms with Crippen molar-refractivity contribution in [3.05, 3.63) is 70.4 Å². The van der Waals surface area contributed by atoms with E-state index in [0.29, 0.717) is 21.9 Å². The molecule has 0 aliphatic heterocycles. The zero-order valence-corrected chi connectivity index (χ0v) is 13.5. The summed E-state index contributed by atoms with van der Waals surface area (Å²) in [5, 5.41) is 0.301. The van der Waals surface area contributed by atoms with Gasteiger partial charge < -0.3 is 9.30 Å². The maximum atomic E-state index is 13.9. The largest absolute Gasteiger partial charge is 0.336 e. The quantitative estimate of drug-likeness (QED) is 0.733. The standard InChI is InChI=1S/C17H15ClFN3O/c1-11-5-3-8-16-20-15(10-22(11)16)17(23)21(2)9-12-13(18)6-4-7-14(12)19/h3-8,10H,9H2,1-2H3. The van der Waals surface area contributed by atoms with Crippen LogP contribution < -0.4 is 0 Å². The van der Waals surface area contributed by atoms with E-state index >= 15 is 0 Å². The molecule has 0 aliphatic carbocycles. The fourth-order valence-corrected chi connectivity index (χ4v) is 2.66. The third-order valence-corrected chi connectivity index (χ3v) is 4.07. The Bertz CT molecular complexity index is 870. The summed E-state index contributed by atoms with van der Waals surface area (Å²) in [5.41, 5.74) is 2.29. The lowest BCUT2D eigenvalue weighted by atomic mass is 10.2.